The summed E-state index contributed by atoms with van der Waals surface area (Å²) in [5.74, 6) is 0.246. The van der Waals surface area contributed by atoms with Gasteiger partial charge in [-0.15, -0.1) is 0 Å². The summed E-state index contributed by atoms with van der Waals surface area (Å²) < 4.78 is 0. The van der Waals surface area contributed by atoms with Gasteiger partial charge < -0.3 is 10.0 Å². The smallest absolute Gasteiger partial charge is 0.222 e. The molecule has 3 heteroatoms. The summed E-state index contributed by atoms with van der Waals surface area (Å²) in [7, 11) is 1.93. The number of carbonyl (C=O) groups excluding carboxylic acids is 1. The number of aliphatic hydroxyl groups excluding tert-OH is 1. The lowest BCUT2D eigenvalue weighted by Gasteiger charge is -2.31. The molecule has 3 nitrogen and oxygen atoms in total. The fourth-order valence-electron chi connectivity index (χ4n) is 2.24. The van der Waals surface area contributed by atoms with Crippen LogP contribution >= 0.6 is 0 Å². The molecule has 0 bridgehead atoms. The fraction of sp³-hybridized carbons (Fsp3) is 0.917. The number of unbranched alkanes of at least 4 members (excludes halogenated alkanes) is 1. The van der Waals surface area contributed by atoms with Gasteiger partial charge in [-0.1, -0.05) is 19.3 Å². The Bertz CT molecular complexity index is 188. The van der Waals surface area contributed by atoms with E-state index in [4.69, 9.17) is 5.11 Å². The van der Waals surface area contributed by atoms with Gasteiger partial charge in [0.15, 0.2) is 0 Å². The first kappa shape index (κ1) is 12.5. The van der Waals surface area contributed by atoms with Crippen LogP contribution in [0.4, 0.5) is 0 Å². The van der Waals surface area contributed by atoms with Gasteiger partial charge in [0.05, 0.1) is 0 Å². The Morgan fingerprint density at radius 2 is 1.93 bits per heavy atom. The highest BCUT2D eigenvalue weighted by molar-refractivity contribution is 5.76. The summed E-state index contributed by atoms with van der Waals surface area (Å²) in [4.78, 5) is 13.7. The van der Waals surface area contributed by atoms with Gasteiger partial charge in [0.2, 0.25) is 5.91 Å². The van der Waals surface area contributed by atoms with Crippen molar-refractivity contribution in [3.8, 4) is 0 Å². The summed E-state index contributed by atoms with van der Waals surface area (Å²) in [5, 5.41) is 8.64. The lowest BCUT2D eigenvalue weighted by molar-refractivity contribution is -0.132. The van der Waals surface area contributed by atoms with Crippen molar-refractivity contribution in [1.29, 1.82) is 0 Å². The topological polar surface area (TPSA) is 40.5 Å². The van der Waals surface area contributed by atoms with Gasteiger partial charge in [-0.05, 0) is 25.7 Å². The van der Waals surface area contributed by atoms with Crippen LogP contribution in [0, 0.1) is 0 Å². The summed E-state index contributed by atoms with van der Waals surface area (Å²) in [6, 6.07) is 0.473. The van der Waals surface area contributed by atoms with Crippen molar-refractivity contribution in [2.75, 3.05) is 13.7 Å². The van der Waals surface area contributed by atoms with Crippen LogP contribution in [0.1, 0.15) is 51.4 Å². The minimum atomic E-state index is 0.195. The molecule has 0 aliphatic heterocycles. The van der Waals surface area contributed by atoms with Crippen LogP contribution in [0.5, 0.6) is 0 Å². The minimum absolute atomic E-state index is 0.195. The van der Waals surface area contributed by atoms with Crippen molar-refractivity contribution in [3.63, 3.8) is 0 Å². The van der Waals surface area contributed by atoms with Crippen molar-refractivity contribution in [2.45, 2.75) is 57.4 Å². The van der Waals surface area contributed by atoms with Crippen LogP contribution in [0.15, 0.2) is 0 Å². The van der Waals surface area contributed by atoms with E-state index in [0.717, 1.165) is 12.8 Å². The van der Waals surface area contributed by atoms with E-state index in [-0.39, 0.29) is 12.5 Å². The average molecular weight is 213 g/mol. The Labute approximate surface area is 92.5 Å². The largest absolute Gasteiger partial charge is 0.396 e. The molecule has 0 unspecified atom stereocenters. The number of amides is 1. The summed E-state index contributed by atoms with van der Waals surface area (Å²) in [6.07, 6.45) is 8.33. The predicted octanol–water partition coefficient (Wildman–Crippen LogP) is 1.94. The Morgan fingerprint density at radius 1 is 1.27 bits per heavy atom. The third-order valence-corrected chi connectivity index (χ3v) is 3.31. The highest BCUT2D eigenvalue weighted by atomic mass is 16.3. The molecule has 0 saturated heterocycles. The second-order valence-electron chi connectivity index (χ2n) is 4.48. The van der Waals surface area contributed by atoms with Crippen molar-refractivity contribution >= 4 is 5.91 Å². The number of rotatable bonds is 5. The maximum absolute atomic E-state index is 11.8. The van der Waals surface area contributed by atoms with Gasteiger partial charge in [0, 0.05) is 26.1 Å². The van der Waals surface area contributed by atoms with Crippen LogP contribution in [0.3, 0.4) is 0 Å². The molecule has 0 aromatic rings. The van der Waals surface area contributed by atoms with E-state index in [1.807, 2.05) is 11.9 Å². The zero-order chi connectivity index (χ0) is 11.1. The highest BCUT2D eigenvalue weighted by Gasteiger charge is 2.21. The molecule has 1 N–H and O–H groups in total. The number of hydrogen-bond donors (Lipinski definition) is 1. The molecule has 88 valence electrons. The van der Waals surface area contributed by atoms with Crippen molar-refractivity contribution in [1.82, 2.24) is 4.90 Å². The molecular formula is C12H23NO2. The third kappa shape index (κ3) is 4.20. The van der Waals surface area contributed by atoms with Crippen LogP contribution in [-0.2, 0) is 4.79 Å². The van der Waals surface area contributed by atoms with Crippen LogP contribution in [-0.4, -0.2) is 35.6 Å². The zero-order valence-corrected chi connectivity index (χ0v) is 9.74. The van der Waals surface area contributed by atoms with E-state index in [1.54, 1.807) is 0 Å². The standard InChI is InChI=1S/C12H23NO2/c1-13(11-7-3-2-4-8-11)12(15)9-5-6-10-14/h11,14H,2-10H2,1H3. The SMILES string of the molecule is CN(C(=O)CCCCO)C1CCCCC1. The van der Waals surface area contributed by atoms with E-state index in [9.17, 15) is 4.79 Å². The molecular weight excluding hydrogens is 190 g/mol. The summed E-state index contributed by atoms with van der Waals surface area (Å²) >= 11 is 0. The summed E-state index contributed by atoms with van der Waals surface area (Å²) in [5.41, 5.74) is 0. The molecule has 0 aromatic heterocycles. The number of aliphatic hydroxyl groups is 1. The molecule has 1 aliphatic rings. The maximum Gasteiger partial charge on any atom is 0.222 e. The van der Waals surface area contributed by atoms with Gasteiger partial charge in [0.25, 0.3) is 0 Å². The molecule has 0 spiro atoms. The second kappa shape index (κ2) is 6.83. The normalized spacial score (nSPS) is 17.7. The molecule has 1 saturated carbocycles. The Hall–Kier alpha value is -0.570. The average Bonchev–Trinajstić information content (AvgIpc) is 2.29. The number of hydrogen-bond acceptors (Lipinski definition) is 2. The quantitative estimate of drug-likeness (QED) is 0.709. The van der Waals surface area contributed by atoms with Gasteiger partial charge in [0.1, 0.15) is 0 Å². The first-order chi connectivity index (χ1) is 7.25. The van der Waals surface area contributed by atoms with Gasteiger partial charge in [-0.3, -0.25) is 4.79 Å². The van der Waals surface area contributed by atoms with Gasteiger partial charge in [-0.25, -0.2) is 0 Å². The van der Waals surface area contributed by atoms with Crippen LogP contribution < -0.4 is 0 Å². The van der Waals surface area contributed by atoms with Gasteiger partial charge in [-0.2, -0.15) is 0 Å². The van der Waals surface area contributed by atoms with E-state index in [0.29, 0.717) is 12.5 Å². The van der Waals surface area contributed by atoms with Crippen molar-refractivity contribution in [2.24, 2.45) is 0 Å². The van der Waals surface area contributed by atoms with E-state index in [1.165, 1.54) is 32.1 Å². The maximum atomic E-state index is 11.8. The number of nitrogens with zero attached hydrogens (tertiary/aromatic N) is 1. The minimum Gasteiger partial charge on any atom is -0.396 e. The lowest BCUT2D eigenvalue weighted by atomic mass is 9.94. The van der Waals surface area contributed by atoms with Crippen LogP contribution in [0.25, 0.3) is 0 Å². The first-order valence-corrected chi connectivity index (χ1v) is 6.12. The zero-order valence-electron chi connectivity index (χ0n) is 9.74. The molecule has 0 aromatic carbocycles. The van der Waals surface area contributed by atoms with Gasteiger partial charge >= 0.3 is 0 Å². The Balaban J connectivity index is 2.24. The molecule has 0 radical (unpaired) electrons. The Morgan fingerprint density at radius 3 is 2.53 bits per heavy atom. The highest BCUT2D eigenvalue weighted by Crippen LogP contribution is 2.22. The van der Waals surface area contributed by atoms with Crippen LogP contribution in [0.2, 0.25) is 0 Å². The summed E-state index contributed by atoms with van der Waals surface area (Å²) in [6.45, 7) is 0.195. The molecule has 15 heavy (non-hydrogen) atoms. The molecule has 1 amide bonds. The fourth-order valence-corrected chi connectivity index (χ4v) is 2.24. The van der Waals surface area contributed by atoms with Crippen molar-refractivity contribution < 1.29 is 9.90 Å². The molecule has 1 aliphatic carbocycles. The molecule has 0 heterocycles. The molecule has 1 fully saturated rings. The van der Waals surface area contributed by atoms with E-state index in [2.05, 4.69) is 0 Å². The third-order valence-electron chi connectivity index (χ3n) is 3.31. The van der Waals surface area contributed by atoms with Crippen molar-refractivity contribution in [3.05, 3.63) is 0 Å². The Kier molecular flexibility index (Phi) is 5.69. The molecule has 0 atom stereocenters. The van der Waals surface area contributed by atoms with E-state index < -0.39 is 0 Å². The first-order valence-electron chi connectivity index (χ1n) is 6.12. The second-order valence-corrected chi connectivity index (χ2v) is 4.48. The monoisotopic (exact) mass is 213 g/mol. The molecule has 1 rings (SSSR count). The number of carbonyl (C=O) groups is 1. The lowest BCUT2D eigenvalue weighted by Crippen LogP contribution is -2.38. The van der Waals surface area contributed by atoms with E-state index >= 15 is 0 Å². The predicted molar refractivity (Wildman–Crippen MR) is 60.6 cm³/mol.